The summed E-state index contributed by atoms with van der Waals surface area (Å²) in [6, 6.07) is 12.6. The average Bonchev–Trinajstić information content (AvgIpc) is 2.65. The quantitative estimate of drug-likeness (QED) is 0.236. The van der Waals surface area contributed by atoms with E-state index < -0.39 is 11.9 Å². The summed E-state index contributed by atoms with van der Waals surface area (Å²) in [6.45, 7) is 3.24. The summed E-state index contributed by atoms with van der Waals surface area (Å²) in [5.74, 6) is -2.18. The number of benzene rings is 2. The number of para-hydroxylation sites is 1. The van der Waals surface area contributed by atoms with Gasteiger partial charge in [0.25, 0.3) is 0 Å². The predicted molar refractivity (Wildman–Crippen MR) is 100 cm³/mol. The Bertz CT molecular complexity index is 875. The van der Waals surface area contributed by atoms with E-state index in [1.807, 2.05) is 0 Å². The molecule has 8 heteroatoms. The van der Waals surface area contributed by atoms with Crippen molar-refractivity contribution >= 4 is 34.9 Å². The molecule has 0 aliphatic carbocycles. The number of rotatable bonds is 6. The predicted octanol–water partition coefficient (Wildman–Crippen LogP) is 2.80. The third-order valence-electron chi connectivity index (χ3n) is 3.45. The van der Waals surface area contributed by atoms with E-state index in [1.165, 1.54) is 19.1 Å². The number of carboxylic acid groups (broad SMARTS) is 1. The molecule has 2 aromatic rings. The van der Waals surface area contributed by atoms with Crippen LogP contribution in [0.5, 0.6) is 0 Å². The summed E-state index contributed by atoms with van der Waals surface area (Å²) in [6.07, 6.45) is 0. The van der Waals surface area contributed by atoms with Crippen molar-refractivity contribution in [1.29, 1.82) is 0 Å². The fourth-order valence-electron chi connectivity index (χ4n) is 2.12. The first kappa shape index (κ1) is 19.6. The second-order valence-corrected chi connectivity index (χ2v) is 5.39. The molecule has 0 atom stereocenters. The van der Waals surface area contributed by atoms with Crippen molar-refractivity contribution in [2.75, 3.05) is 12.0 Å². The third kappa shape index (κ3) is 5.40. The maximum absolute atomic E-state index is 12.1. The molecular formula is C19H19N3O5. The number of aliphatic imine (C=N–C) groups is 1. The van der Waals surface area contributed by atoms with Crippen molar-refractivity contribution in [2.24, 2.45) is 4.99 Å². The number of anilines is 1. The fourth-order valence-corrected chi connectivity index (χ4v) is 2.12. The molecule has 0 radical (unpaired) electrons. The SMILES string of the molecule is CCOC(=O)C(=Nc1ccccc1C(=O)O)NNc1ccc(C(C)=O)cc1. The summed E-state index contributed by atoms with van der Waals surface area (Å²) in [5.41, 5.74) is 6.59. The number of carboxylic acids is 1. The first-order valence-corrected chi connectivity index (χ1v) is 8.13. The lowest BCUT2D eigenvalue weighted by Gasteiger charge is -2.12. The van der Waals surface area contributed by atoms with Crippen molar-refractivity contribution in [2.45, 2.75) is 13.8 Å². The Hall–Kier alpha value is -3.68. The molecule has 0 spiro atoms. The van der Waals surface area contributed by atoms with Gasteiger partial charge in [-0.25, -0.2) is 14.6 Å². The Labute approximate surface area is 155 Å². The third-order valence-corrected chi connectivity index (χ3v) is 3.45. The standard InChI is InChI=1S/C19H19N3O5/c1-3-27-19(26)17(20-16-7-5-4-6-15(16)18(24)25)22-21-14-10-8-13(9-11-14)12(2)23/h4-11,21H,3H2,1-2H3,(H,20,22)(H,24,25). The lowest BCUT2D eigenvalue weighted by atomic mass is 10.1. The van der Waals surface area contributed by atoms with E-state index in [-0.39, 0.29) is 29.5 Å². The van der Waals surface area contributed by atoms with Gasteiger partial charge >= 0.3 is 11.9 Å². The number of hydrazine groups is 1. The summed E-state index contributed by atoms with van der Waals surface area (Å²) >= 11 is 0. The summed E-state index contributed by atoms with van der Waals surface area (Å²) < 4.78 is 4.95. The van der Waals surface area contributed by atoms with E-state index in [4.69, 9.17) is 4.74 Å². The molecule has 0 aliphatic rings. The molecule has 140 valence electrons. The minimum absolute atomic E-state index is 0.0492. The Morgan fingerprint density at radius 1 is 1.07 bits per heavy atom. The molecule has 27 heavy (non-hydrogen) atoms. The van der Waals surface area contributed by atoms with Gasteiger partial charge in [0.05, 0.1) is 23.5 Å². The number of aromatic carboxylic acids is 1. The number of esters is 1. The van der Waals surface area contributed by atoms with E-state index in [9.17, 15) is 19.5 Å². The zero-order valence-corrected chi connectivity index (χ0v) is 14.9. The van der Waals surface area contributed by atoms with Gasteiger partial charge in [-0.1, -0.05) is 12.1 Å². The van der Waals surface area contributed by atoms with Gasteiger partial charge in [0.15, 0.2) is 5.78 Å². The van der Waals surface area contributed by atoms with Crippen LogP contribution in [0.2, 0.25) is 0 Å². The van der Waals surface area contributed by atoms with Gasteiger partial charge < -0.3 is 9.84 Å². The van der Waals surface area contributed by atoms with E-state index in [0.717, 1.165) is 0 Å². The zero-order chi connectivity index (χ0) is 19.8. The first-order chi connectivity index (χ1) is 12.9. The van der Waals surface area contributed by atoms with Gasteiger partial charge in [0.2, 0.25) is 5.84 Å². The minimum atomic E-state index is -1.16. The minimum Gasteiger partial charge on any atom is -0.478 e. The Kier molecular flexibility index (Phi) is 6.65. The number of ether oxygens (including phenoxy) is 1. The number of nitrogens with one attached hydrogen (secondary N) is 2. The van der Waals surface area contributed by atoms with Crippen molar-refractivity contribution in [3.05, 3.63) is 59.7 Å². The number of Topliss-reactive ketones (excluding diaryl/α,β-unsaturated/α-hetero) is 1. The molecule has 0 saturated heterocycles. The highest BCUT2D eigenvalue weighted by atomic mass is 16.5. The van der Waals surface area contributed by atoms with Crippen LogP contribution in [0, 0.1) is 0 Å². The number of hydrogen-bond acceptors (Lipinski definition) is 6. The lowest BCUT2D eigenvalue weighted by molar-refractivity contribution is -0.135. The smallest absolute Gasteiger partial charge is 0.375 e. The van der Waals surface area contributed by atoms with Crippen LogP contribution in [0.1, 0.15) is 34.6 Å². The molecule has 0 amide bonds. The zero-order valence-electron chi connectivity index (χ0n) is 14.9. The molecule has 8 nitrogen and oxygen atoms in total. The molecule has 2 rings (SSSR count). The summed E-state index contributed by atoms with van der Waals surface area (Å²) in [7, 11) is 0. The van der Waals surface area contributed by atoms with Gasteiger partial charge in [-0.05, 0) is 50.2 Å². The molecule has 0 aromatic heterocycles. The summed E-state index contributed by atoms with van der Waals surface area (Å²) in [4.78, 5) is 38.9. The van der Waals surface area contributed by atoms with Crippen molar-refractivity contribution in [3.8, 4) is 0 Å². The number of ketones is 1. The molecule has 0 fully saturated rings. The molecule has 0 saturated carbocycles. The van der Waals surface area contributed by atoms with Crippen molar-refractivity contribution in [3.63, 3.8) is 0 Å². The number of nitrogens with zero attached hydrogens (tertiary/aromatic N) is 1. The number of carbonyl (C=O) groups is 3. The van der Waals surface area contributed by atoms with Crippen LogP contribution in [-0.2, 0) is 9.53 Å². The molecule has 0 unspecified atom stereocenters. The molecule has 0 heterocycles. The van der Waals surface area contributed by atoms with Gasteiger partial charge in [-0.2, -0.15) is 0 Å². The van der Waals surface area contributed by atoms with Gasteiger partial charge in [-0.3, -0.25) is 15.6 Å². The van der Waals surface area contributed by atoms with E-state index >= 15 is 0 Å². The number of hydrogen-bond donors (Lipinski definition) is 3. The van der Waals surface area contributed by atoms with Gasteiger partial charge in [-0.15, -0.1) is 0 Å². The Morgan fingerprint density at radius 2 is 1.74 bits per heavy atom. The Morgan fingerprint density at radius 3 is 2.33 bits per heavy atom. The highest BCUT2D eigenvalue weighted by Gasteiger charge is 2.16. The van der Waals surface area contributed by atoms with Crippen LogP contribution in [0.3, 0.4) is 0 Å². The fraction of sp³-hybridized carbons (Fsp3) is 0.158. The topological polar surface area (TPSA) is 117 Å². The summed E-state index contributed by atoms with van der Waals surface area (Å²) in [5, 5.41) is 9.25. The largest absolute Gasteiger partial charge is 0.478 e. The van der Waals surface area contributed by atoms with Crippen molar-refractivity contribution in [1.82, 2.24) is 5.43 Å². The van der Waals surface area contributed by atoms with Gasteiger partial charge in [0.1, 0.15) is 0 Å². The van der Waals surface area contributed by atoms with E-state index in [0.29, 0.717) is 11.3 Å². The van der Waals surface area contributed by atoms with Crippen LogP contribution in [0.15, 0.2) is 53.5 Å². The normalized spacial score (nSPS) is 10.8. The second kappa shape index (κ2) is 9.14. The first-order valence-electron chi connectivity index (χ1n) is 8.13. The number of carbonyl (C=O) groups excluding carboxylic acids is 2. The molecule has 0 bridgehead atoms. The average molecular weight is 369 g/mol. The van der Waals surface area contributed by atoms with E-state index in [1.54, 1.807) is 43.3 Å². The number of amidine groups is 1. The highest BCUT2D eigenvalue weighted by molar-refractivity contribution is 6.36. The second-order valence-electron chi connectivity index (χ2n) is 5.39. The van der Waals surface area contributed by atoms with Crippen LogP contribution >= 0.6 is 0 Å². The van der Waals surface area contributed by atoms with Crippen LogP contribution in [0.4, 0.5) is 11.4 Å². The van der Waals surface area contributed by atoms with Crippen LogP contribution < -0.4 is 10.9 Å². The van der Waals surface area contributed by atoms with Gasteiger partial charge in [0, 0.05) is 5.56 Å². The Balaban J connectivity index is 2.26. The maximum atomic E-state index is 12.1. The molecular weight excluding hydrogens is 350 g/mol. The van der Waals surface area contributed by atoms with E-state index in [2.05, 4.69) is 15.8 Å². The lowest BCUT2D eigenvalue weighted by Crippen LogP contribution is -2.36. The van der Waals surface area contributed by atoms with Crippen molar-refractivity contribution < 1.29 is 24.2 Å². The maximum Gasteiger partial charge on any atom is 0.375 e. The highest BCUT2D eigenvalue weighted by Crippen LogP contribution is 2.19. The molecule has 3 N–H and O–H groups in total. The monoisotopic (exact) mass is 369 g/mol. The van der Waals surface area contributed by atoms with Crippen LogP contribution in [-0.4, -0.2) is 35.3 Å². The molecule has 0 aliphatic heterocycles. The van der Waals surface area contributed by atoms with Crippen LogP contribution in [0.25, 0.3) is 0 Å². The molecule has 2 aromatic carbocycles.